The predicted molar refractivity (Wildman–Crippen MR) is 94.0 cm³/mol. The summed E-state index contributed by atoms with van der Waals surface area (Å²) in [5.74, 6) is 1.13. The first-order chi connectivity index (χ1) is 10.9. The van der Waals surface area contributed by atoms with Crippen molar-refractivity contribution in [1.29, 1.82) is 0 Å². The van der Waals surface area contributed by atoms with Gasteiger partial charge in [0.15, 0.2) is 0 Å². The lowest BCUT2D eigenvalue weighted by Crippen LogP contribution is -2.09. The third-order valence-electron chi connectivity index (χ3n) is 4.16. The van der Waals surface area contributed by atoms with Crippen molar-refractivity contribution < 1.29 is 0 Å². The molecule has 2 aromatic heterocycles. The summed E-state index contributed by atoms with van der Waals surface area (Å²) in [6.07, 6.45) is 2.44. The Kier molecular flexibility index (Phi) is 4.11. The summed E-state index contributed by atoms with van der Waals surface area (Å²) < 4.78 is 1.84. The Labute approximate surface area is 141 Å². The maximum absolute atomic E-state index is 6.57. The van der Waals surface area contributed by atoms with Gasteiger partial charge in [0.05, 0.1) is 11.4 Å². The van der Waals surface area contributed by atoms with Crippen LogP contribution in [0.5, 0.6) is 0 Å². The Morgan fingerprint density at radius 2 is 1.83 bits per heavy atom. The summed E-state index contributed by atoms with van der Waals surface area (Å²) in [5.41, 5.74) is 6.56. The molecule has 0 N–H and O–H groups in total. The van der Waals surface area contributed by atoms with Crippen LogP contribution in [-0.4, -0.2) is 19.6 Å². The van der Waals surface area contributed by atoms with Gasteiger partial charge in [0.25, 0.3) is 5.78 Å². The third-order valence-corrected chi connectivity index (χ3v) is 4.47. The van der Waals surface area contributed by atoms with Crippen LogP contribution in [0.4, 0.5) is 0 Å². The van der Waals surface area contributed by atoms with E-state index in [0.29, 0.717) is 11.7 Å². The molecule has 0 radical (unpaired) electrons. The highest BCUT2D eigenvalue weighted by atomic mass is 35.5. The molecule has 5 heteroatoms. The van der Waals surface area contributed by atoms with Crippen LogP contribution < -0.4 is 0 Å². The molecule has 120 valence electrons. The molecule has 1 aromatic carbocycles. The molecule has 3 aromatic rings. The summed E-state index contributed by atoms with van der Waals surface area (Å²) in [5, 5.41) is 5.12. The van der Waals surface area contributed by atoms with Crippen molar-refractivity contribution in [1.82, 2.24) is 19.6 Å². The molecule has 4 nitrogen and oxygen atoms in total. The predicted octanol–water partition coefficient (Wildman–Crippen LogP) is 4.57. The first-order valence-electron chi connectivity index (χ1n) is 7.84. The molecule has 0 aliphatic carbocycles. The summed E-state index contributed by atoms with van der Waals surface area (Å²) >= 11 is 6.57. The Hall–Kier alpha value is -1.94. The number of hydrogen-bond acceptors (Lipinski definition) is 3. The van der Waals surface area contributed by atoms with Crippen molar-refractivity contribution in [2.24, 2.45) is 5.92 Å². The van der Waals surface area contributed by atoms with E-state index in [4.69, 9.17) is 11.6 Å². The average Bonchev–Trinajstić information content (AvgIpc) is 2.91. The van der Waals surface area contributed by atoms with Gasteiger partial charge in [-0.25, -0.2) is 9.50 Å². The second-order valence-corrected chi connectivity index (χ2v) is 6.91. The highest BCUT2D eigenvalue weighted by Crippen LogP contribution is 2.35. The van der Waals surface area contributed by atoms with E-state index in [1.807, 2.05) is 17.5 Å². The van der Waals surface area contributed by atoms with Crippen molar-refractivity contribution in [3.8, 4) is 11.1 Å². The maximum atomic E-state index is 6.57. The van der Waals surface area contributed by atoms with Crippen molar-refractivity contribution >= 4 is 17.4 Å². The number of fused-ring (bicyclic) bond motifs is 1. The Balaban J connectivity index is 2.36. The summed E-state index contributed by atoms with van der Waals surface area (Å²) in [6, 6.07) is 4.17. The number of nitrogens with zero attached hydrogens (tertiary/aromatic N) is 4. The van der Waals surface area contributed by atoms with Crippen molar-refractivity contribution in [3.05, 3.63) is 46.0 Å². The minimum atomic E-state index is 0.494. The lowest BCUT2D eigenvalue weighted by molar-refractivity contribution is 0.619. The van der Waals surface area contributed by atoms with Crippen molar-refractivity contribution in [3.63, 3.8) is 0 Å². The SMILES string of the molecule is Cc1cc(Cl)c(-c2c(C)nc3ncnn3c2CC(C)C)cc1C. The summed E-state index contributed by atoms with van der Waals surface area (Å²) in [6.45, 7) is 10.6. The molecule has 0 bridgehead atoms. The van der Waals surface area contributed by atoms with Crippen LogP contribution in [0, 0.1) is 26.7 Å². The molecule has 0 spiro atoms. The molecule has 0 aliphatic rings. The molecule has 0 fully saturated rings. The van der Waals surface area contributed by atoms with E-state index in [9.17, 15) is 0 Å². The van der Waals surface area contributed by atoms with Crippen LogP contribution in [0.15, 0.2) is 18.5 Å². The van der Waals surface area contributed by atoms with Crippen molar-refractivity contribution in [2.75, 3.05) is 0 Å². The van der Waals surface area contributed by atoms with E-state index in [0.717, 1.165) is 34.0 Å². The molecule has 0 atom stereocenters. The topological polar surface area (TPSA) is 43.1 Å². The number of aryl methyl sites for hydroxylation is 3. The summed E-state index contributed by atoms with van der Waals surface area (Å²) in [4.78, 5) is 8.85. The van der Waals surface area contributed by atoms with Crippen molar-refractivity contribution in [2.45, 2.75) is 41.0 Å². The number of rotatable bonds is 3. The van der Waals surface area contributed by atoms with Gasteiger partial charge in [-0.3, -0.25) is 0 Å². The van der Waals surface area contributed by atoms with E-state index in [1.54, 1.807) is 6.33 Å². The second-order valence-electron chi connectivity index (χ2n) is 6.51. The van der Waals surface area contributed by atoms with Gasteiger partial charge in [0.1, 0.15) is 6.33 Å². The molecule has 2 heterocycles. The van der Waals surface area contributed by atoms with E-state index in [1.165, 1.54) is 11.1 Å². The zero-order valence-electron chi connectivity index (χ0n) is 14.2. The fraction of sp³-hybridized carbons (Fsp3) is 0.389. The molecule has 0 unspecified atom stereocenters. The summed E-state index contributed by atoms with van der Waals surface area (Å²) in [7, 11) is 0. The normalized spacial score (nSPS) is 11.6. The molecule has 3 rings (SSSR count). The maximum Gasteiger partial charge on any atom is 0.252 e. The largest absolute Gasteiger partial charge is 0.252 e. The fourth-order valence-corrected chi connectivity index (χ4v) is 3.23. The average molecular weight is 329 g/mol. The van der Waals surface area contributed by atoms with E-state index in [2.05, 4.69) is 48.8 Å². The van der Waals surface area contributed by atoms with Crippen LogP contribution in [0.3, 0.4) is 0 Å². The van der Waals surface area contributed by atoms with Gasteiger partial charge in [-0.15, -0.1) is 0 Å². The van der Waals surface area contributed by atoms with Gasteiger partial charge < -0.3 is 0 Å². The zero-order valence-corrected chi connectivity index (χ0v) is 14.9. The van der Waals surface area contributed by atoms with Gasteiger partial charge in [-0.1, -0.05) is 25.4 Å². The van der Waals surface area contributed by atoms with Gasteiger partial charge in [-0.2, -0.15) is 10.1 Å². The Bertz CT molecular complexity index is 880. The van der Waals surface area contributed by atoms with Gasteiger partial charge in [0, 0.05) is 16.1 Å². The minimum Gasteiger partial charge on any atom is -0.216 e. The first-order valence-corrected chi connectivity index (χ1v) is 8.22. The van der Waals surface area contributed by atoms with Gasteiger partial charge >= 0.3 is 0 Å². The van der Waals surface area contributed by atoms with Crippen LogP contribution >= 0.6 is 11.6 Å². The Morgan fingerprint density at radius 3 is 2.52 bits per heavy atom. The number of halogens is 1. The highest BCUT2D eigenvalue weighted by Gasteiger charge is 2.19. The quantitative estimate of drug-likeness (QED) is 0.707. The second kappa shape index (κ2) is 5.93. The number of aromatic nitrogens is 4. The molecular formula is C18H21ClN4. The van der Waals surface area contributed by atoms with E-state index in [-0.39, 0.29) is 0 Å². The molecule has 0 aliphatic heterocycles. The third kappa shape index (κ3) is 2.83. The molecule has 0 saturated heterocycles. The Morgan fingerprint density at radius 1 is 1.13 bits per heavy atom. The van der Waals surface area contributed by atoms with Crippen LogP contribution in [0.25, 0.3) is 16.9 Å². The minimum absolute atomic E-state index is 0.494. The van der Waals surface area contributed by atoms with E-state index < -0.39 is 0 Å². The van der Waals surface area contributed by atoms with Crippen LogP contribution in [0.2, 0.25) is 5.02 Å². The standard InChI is InChI=1S/C18H21ClN4/c1-10(2)6-16-17(13(5)22-18-20-9-21-23(16)18)14-7-11(3)12(4)8-15(14)19/h7-10H,6H2,1-5H3. The monoisotopic (exact) mass is 328 g/mol. The number of hydrogen-bond donors (Lipinski definition) is 0. The lowest BCUT2D eigenvalue weighted by Gasteiger charge is -2.17. The molecule has 23 heavy (non-hydrogen) atoms. The molecule has 0 saturated carbocycles. The highest BCUT2D eigenvalue weighted by molar-refractivity contribution is 6.33. The lowest BCUT2D eigenvalue weighted by atomic mass is 9.94. The molecule has 0 amide bonds. The van der Waals surface area contributed by atoms with E-state index >= 15 is 0 Å². The number of benzene rings is 1. The first kappa shape index (κ1) is 15.9. The zero-order chi connectivity index (χ0) is 16.7. The van der Waals surface area contributed by atoms with Crippen LogP contribution in [0.1, 0.15) is 36.4 Å². The van der Waals surface area contributed by atoms with Crippen LogP contribution in [-0.2, 0) is 6.42 Å². The smallest absolute Gasteiger partial charge is 0.216 e. The van der Waals surface area contributed by atoms with Gasteiger partial charge in [0.2, 0.25) is 0 Å². The molecular weight excluding hydrogens is 308 g/mol. The fourth-order valence-electron chi connectivity index (χ4n) is 2.92. The van der Waals surface area contributed by atoms with Gasteiger partial charge in [-0.05, 0) is 56.4 Å².